The summed E-state index contributed by atoms with van der Waals surface area (Å²) in [5.41, 5.74) is 0.794. The van der Waals surface area contributed by atoms with Crippen LogP contribution in [0, 0.1) is 0 Å². The number of benzene rings is 2. The van der Waals surface area contributed by atoms with Crippen molar-refractivity contribution in [1.82, 2.24) is 4.90 Å². The molecule has 0 unspecified atom stereocenters. The van der Waals surface area contributed by atoms with E-state index in [0.717, 1.165) is 33.8 Å². The molecule has 1 heterocycles. The van der Waals surface area contributed by atoms with Crippen LogP contribution < -0.4 is 5.32 Å². The largest absolute Gasteiger partial charge is 0.394 e. The number of rotatable bonds is 2. The van der Waals surface area contributed by atoms with Crippen molar-refractivity contribution in [2.45, 2.75) is 18.9 Å². The minimum Gasteiger partial charge on any atom is -0.394 e. The first-order valence-corrected chi connectivity index (χ1v) is 7.85. The molecule has 21 heavy (non-hydrogen) atoms. The summed E-state index contributed by atoms with van der Waals surface area (Å²) in [4.78, 5) is 14.1. The van der Waals surface area contributed by atoms with E-state index >= 15 is 0 Å². The van der Waals surface area contributed by atoms with Crippen molar-refractivity contribution < 1.29 is 9.90 Å². The Labute approximate surface area is 131 Å². The number of nitrogens with zero attached hydrogens (tertiary/aromatic N) is 1. The number of urea groups is 1. The SMILES string of the molecule is O=C(Nc1ccc(Br)c2ccccc12)N1CCC[C@H]1CO. The van der Waals surface area contributed by atoms with Crippen molar-refractivity contribution in [3.05, 3.63) is 40.9 Å². The highest BCUT2D eigenvalue weighted by atomic mass is 79.9. The molecular weight excluding hydrogens is 332 g/mol. The Morgan fingerprint density at radius 1 is 1.29 bits per heavy atom. The van der Waals surface area contributed by atoms with Gasteiger partial charge in [-0.2, -0.15) is 0 Å². The highest BCUT2D eigenvalue weighted by molar-refractivity contribution is 9.10. The van der Waals surface area contributed by atoms with Gasteiger partial charge in [-0.15, -0.1) is 0 Å². The van der Waals surface area contributed by atoms with E-state index in [9.17, 15) is 9.90 Å². The summed E-state index contributed by atoms with van der Waals surface area (Å²) in [6, 6.07) is 11.6. The number of halogens is 1. The number of nitrogens with one attached hydrogen (secondary N) is 1. The van der Waals surface area contributed by atoms with Gasteiger partial charge in [-0.1, -0.05) is 40.2 Å². The molecule has 2 aromatic rings. The quantitative estimate of drug-likeness (QED) is 0.871. The first kappa shape index (κ1) is 14.4. The molecule has 5 heteroatoms. The van der Waals surface area contributed by atoms with Crippen LogP contribution in [0.15, 0.2) is 40.9 Å². The summed E-state index contributed by atoms with van der Waals surface area (Å²) in [5, 5.41) is 14.4. The molecule has 2 N–H and O–H groups in total. The number of likely N-dealkylation sites (tertiary alicyclic amines) is 1. The van der Waals surface area contributed by atoms with Crippen LogP contribution in [-0.4, -0.2) is 35.2 Å². The Balaban J connectivity index is 1.88. The predicted octanol–water partition coefficient (Wildman–Crippen LogP) is 3.59. The van der Waals surface area contributed by atoms with Gasteiger partial charge in [-0.3, -0.25) is 0 Å². The van der Waals surface area contributed by atoms with Crippen LogP contribution in [0.25, 0.3) is 10.8 Å². The van der Waals surface area contributed by atoms with E-state index in [1.165, 1.54) is 0 Å². The van der Waals surface area contributed by atoms with Crippen LogP contribution in [-0.2, 0) is 0 Å². The molecular formula is C16H17BrN2O2. The molecule has 3 rings (SSSR count). The normalized spacial score (nSPS) is 18.2. The Morgan fingerprint density at radius 3 is 2.81 bits per heavy atom. The number of carbonyl (C=O) groups is 1. The highest BCUT2D eigenvalue weighted by Crippen LogP contribution is 2.30. The van der Waals surface area contributed by atoms with Gasteiger partial charge in [0.1, 0.15) is 0 Å². The van der Waals surface area contributed by atoms with Crippen LogP contribution in [0.5, 0.6) is 0 Å². The molecule has 2 amide bonds. The lowest BCUT2D eigenvalue weighted by Crippen LogP contribution is -2.40. The Kier molecular flexibility index (Phi) is 4.12. The van der Waals surface area contributed by atoms with Crippen LogP contribution in [0.2, 0.25) is 0 Å². The molecule has 1 fully saturated rings. The first-order valence-electron chi connectivity index (χ1n) is 7.06. The van der Waals surface area contributed by atoms with E-state index in [4.69, 9.17) is 0 Å². The Bertz CT molecular complexity index is 674. The summed E-state index contributed by atoms with van der Waals surface area (Å²) in [7, 11) is 0. The standard InChI is InChI=1S/C16H17BrN2O2/c17-14-7-8-15(13-6-2-1-5-12(13)14)18-16(21)19-9-3-4-11(19)10-20/h1-2,5-8,11,20H,3-4,9-10H2,(H,18,21)/t11-/m0/s1. The summed E-state index contributed by atoms with van der Waals surface area (Å²) < 4.78 is 1.01. The number of hydrogen-bond donors (Lipinski definition) is 2. The number of anilines is 1. The van der Waals surface area contributed by atoms with E-state index in [0.29, 0.717) is 6.54 Å². The van der Waals surface area contributed by atoms with Crippen molar-refractivity contribution in [2.24, 2.45) is 0 Å². The predicted molar refractivity (Wildman–Crippen MR) is 87.5 cm³/mol. The van der Waals surface area contributed by atoms with Gasteiger partial charge in [0.2, 0.25) is 0 Å². The molecule has 0 radical (unpaired) electrons. The average molecular weight is 349 g/mol. The van der Waals surface area contributed by atoms with Gasteiger partial charge in [0.25, 0.3) is 0 Å². The fourth-order valence-electron chi connectivity index (χ4n) is 2.85. The molecule has 1 saturated heterocycles. The van der Waals surface area contributed by atoms with Crippen LogP contribution >= 0.6 is 15.9 Å². The maximum absolute atomic E-state index is 12.4. The molecule has 0 spiro atoms. The van der Waals surface area contributed by atoms with E-state index in [-0.39, 0.29) is 18.7 Å². The van der Waals surface area contributed by atoms with Gasteiger partial charge >= 0.3 is 6.03 Å². The second kappa shape index (κ2) is 6.03. The van der Waals surface area contributed by atoms with Crippen molar-refractivity contribution in [3.63, 3.8) is 0 Å². The van der Waals surface area contributed by atoms with E-state index < -0.39 is 0 Å². The lowest BCUT2D eigenvalue weighted by Gasteiger charge is -2.23. The fraction of sp³-hybridized carbons (Fsp3) is 0.312. The molecule has 1 aliphatic rings. The number of aliphatic hydroxyl groups excluding tert-OH is 1. The molecule has 1 aliphatic heterocycles. The zero-order valence-electron chi connectivity index (χ0n) is 11.6. The average Bonchev–Trinajstić information content (AvgIpc) is 2.99. The third kappa shape index (κ3) is 2.76. The van der Waals surface area contributed by atoms with E-state index in [1.807, 2.05) is 36.4 Å². The molecule has 0 aromatic heterocycles. The lowest BCUT2D eigenvalue weighted by atomic mass is 10.1. The van der Waals surface area contributed by atoms with Gasteiger partial charge < -0.3 is 15.3 Å². The van der Waals surface area contributed by atoms with E-state index in [2.05, 4.69) is 21.2 Å². The number of carbonyl (C=O) groups excluding carboxylic acids is 1. The van der Waals surface area contributed by atoms with Crippen molar-refractivity contribution >= 4 is 38.4 Å². The van der Waals surface area contributed by atoms with Gasteiger partial charge in [0.05, 0.1) is 18.3 Å². The van der Waals surface area contributed by atoms with Gasteiger partial charge in [0, 0.05) is 16.4 Å². The van der Waals surface area contributed by atoms with Gasteiger partial charge in [-0.05, 0) is 30.4 Å². The minimum atomic E-state index is -0.140. The van der Waals surface area contributed by atoms with Crippen LogP contribution in [0.4, 0.5) is 10.5 Å². The first-order chi connectivity index (χ1) is 10.2. The maximum Gasteiger partial charge on any atom is 0.322 e. The Morgan fingerprint density at radius 2 is 2.05 bits per heavy atom. The fourth-order valence-corrected chi connectivity index (χ4v) is 3.33. The Hall–Kier alpha value is -1.59. The lowest BCUT2D eigenvalue weighted by molar-refractivity contribution is 0.166. The number of fused-ring (bicyclic) bond motifs is 1. The topological polar surface area (TPSA) is 52.6 Å². The van der Waals surface area contributed by atoms with Gasteiger partial charge in [0.15, 0.2) is 0 Å². The molecule has 1 atom stereocenters. The molecule has 0 bridgehead atoms. The molecule has 110 valence electrons. The third-order valence-electron chi connectivity index (χ3n) is 3.96. The van der Waals surface area contributed by atoms with Gasteiger partial charge in [-0.25, -0.2) is 4.79 Å². The highest BCUT2D eigenvalue weighted by Gasteiger charge is 2.28. The smallest absolute Gasteiger partial charge is 0.322 e. The van der Waals surface area contributed by atoms with Crippen molar-refractivity contribution in [3.8, 4) is 0 Å². The second-order valence-electron chi connectivity index (χ2n) is 5.24. The number of hydrogen-bond acceptors (Lipinski definition) is 2. The molecule has 0 saturated carbocycles. The van der Waals surface area contributed by atoms with Crippen molar-refractivity contribution in [2.75, 3.05) is 18.5 Å². The monoisotopic (exact) mass is 348 g/mol. The van der Waals surface area contributed by atoms with E-state index in [1.54, 1.807) is 4.90 Å². The zero-order chi connectivity index (χ0) is 14.8. The second-order valence-corrected chi connectivity index (χ2v) is 6.10. The molecule has 4 nitrogen and oxygen atoms in total. The summed E-state index contributed by atoms with van der Waals surface area (Å²) in [6.45, 7) is 0.722. The summed E-state index contributed by atoms with van der Waals surface area (Å²) in [6.07, 6.45) is 1.81. The summed E-state index contributed by atoms with van der Waals surface area (Å²) in [5.74, 6) is 0. The van der Waals surface area contributed by atoms with Crippen LogP contribution in [0.3, 0.4) is 0 Å². The number of amides is 2. The molecule has 2 aromatic carbocycles. The molecule has 0 aliphatic carbocycles. The maximum atomic E-state index is 12.4. The van der Waals surface area contributed by atoms with Crippen LogP contribution in [0.1, 0.15) is 12.8 Å². The number of aliphatic hydroxyl groups is 1. The third-order valence-corrected chi connectivity index (χ3v) is 4.65. The zero-order valence-corrected chi connectivity index (χ0v) is 13.1. The van der Waals surface area contributed by atoms with Crippen molar-refractivity contribution in [1.29, 1.82) is 0 Å². The summed E-state index contributed by atoms with van der Waals surface area (Å²) >= 11 is 3.53. The minimum absolute atomic E-state index is 0.0223.